The number of nitrogens with zero attached hydrogens (tertiary/aromatic N) is 1. The lowest BCUT2D eigenvalue weighted by Crippen LogP contribution is -2.38. The maximum atomic E-state index is 12.1. The quantitative estimate of drug-likeness (QED) is 0.845. The highest BCUT2D eigenvalue weighted by Crippen LogP contribution is 2.40. The smallest absolute Gasteiger partial charge is 0.240 e. The van der Waals surface area contributed by atoms with Crippen LogP contribution in [-0.2, 0) is 11.3 Å². The van der Waals surface area contributed by atoms with Crippen LogP contribution in [0.1, 0.15) is 56.6 Å². The van der Waals surface area contributed by atoms with Crippen molar-refractivity contribution in [3.63, 3.8) is 0 Å². The van der Waals surface area contributed by atoms with E-state index in [9.17, 15) is 4.79 Å². The van der Waals surface area contributed by atoms with Crippen molar-refractivity contribution in [2.45, 2.75) is 63.6 Å². The van der Waals surface area contributed by atoms with E-state index in [0.29, 0.717) is 18.6 Å². The Hall–Kier alpha value is -1.29. The van der Waals surface area contributed by atoms with Gasteiger partial charge in [-0.15, -0.1) is 0 Å². The van der Waals surface area contributed by atoms with Gasteiger partial charge in [0.05, 0.1) is 0 Å². The summed E-state index contributed by atoms with van der Waals surface area (Å²) in [6.45, 7) is 0.442. The fourth-order valence-corrected chi connectivity index (χ4v) is 3.53. The minimum absolute atomic E-state index is 0.150. The van der Waals surface area contributed by atoms with Crippen molar-refractivity contribution in [1.29, 1.82) is 0 Å². The number of amides is 1. The van der Waals surface area contributed by atoms with Gasteiger partial charge >= 0.3 is 0 Å². The van der Waals surface area contributed by atoms with Crippen molar-refractivity contribution in [3.8, 4) is 0 Å². The largest absolute Gasteiger partial charge is 0.352 e. The van der Waals surface area contributed by atoms with Crippen LogP contribution >= 0.6 is 0 Å². The number of carbonyl (C=O) groups excluding carboxylic acids is 1. The molecule has 0 aliphatic heterocycles. The molecule has 1 aromatic heterocycles. The summed E-state index contributed by atoms with van der Waals surface area (Å²) in [6, 6.07) is 3.00. The number of rotatable bonds is 6. The van der Waals surface area contributed by atoms with Crippen LogP contribution in [0.3, 0.4) is 0 Å². The molecule has 2 aliphatic rings. The first-order valence-corrected chi connectivity index (χ1v) is 8.38. The van der Waals surface area contributed by atoms with Crippen LogP contribution < -0.4 is 10.6 Å². The summed E-state index contributed by atoms with van der Waals surface area (Å²) in [5.74, 6) is 0.929. The maximum Gasteiger partial charge on any atom is 0.240 e. The summed E-state index contributed by atoms with van der Waals surface area (Å²) in [7, 11) is 2.02. The molecule has 1 atom stereocenters. The van der Waals surface area contributed by atoms with E-state index in [2.05, 4.69) is 22.9 Å². The Morgan fingerprint density at radius 1 is 1.29 bits per heavy atom. The highest BCUT2D eigenvalue weighted by molar-refractivity contribution is 5.76. The van der Waals surface area contributed by atoms with Gasteiger partial charge in [0, 0.05) is 24.5 Å². The van der Waals surface area contributed by atoms with Gasteiger partial charge in [0.2, 0.25) is 5.91 Å². The third kappa shape index (κ3) is 3.88. The first-order valence-electron chi connectivity index (χ1n) is 8.38. The van der Waals surface area contributed by atoms with Gasteiger partial charge in [0.15, 0.2) is 0 Å². The zero-order valence-corrected chi connectivity index (χ0v) is 13.0. The van der Waals surface area contributed by atoms with Crippen LogP contribution in [0.4, 0.5) is 0 Å². The fourth-order valence-electron chi connectivity index (χ4n) is 3.53. The predicted molar refractivity (Wildman–Crippen MR) is 84.0 cm³/mol. The van der Waals surface area contributed by atoms with E-state index in [4.69, 9.17) is 0 Å². The first-order chi connectivity index (χ1) is 10.3. The van der Waals surface area contributed by atoms with Crippen LogP contribution in [0.15, 0.2) is 18.5 Å². The van der Waals surface area contributed by atoms with Gasteiger partial charge in [-0.1, -0.05) is 19.3 Å². The summed E-state index contributed by atoms with van der Waals surface area (Å²) < 4.78 is 2.01. The van der Waals surface area contributed by atoms with Gasteiger partial charge in [0.25, 0.3) is 0 Å². The zero-order valence-electron chi connectivity index (χ0n) is 13.0. The molecule has 0 aromatic carbocycles. The standard InChI is InChI=1S/C17H27N3O/c1-18-17(13-7-8-13)14-9-10-20(11-14)12-16(21)19-15-5-3-2-4-6-15/h9-11,13,15,17-18H,2-8,12H2,1H3,(H,19,21). The van der Waals surface area contributed by atoms with Gasteiger partial charge in [-0.05, 0) is 50.3 Å². The third-order valence-electron chi connectivity index (χ3n) is 4.83. The average molecular weight is 289 g/mol. The molecule has 0 radical (unpaired) electrons. The number of aromatic nitrogens is 1. The maximum absolute atomic E-state index is 12.1. The zero-order chi connectivity index (χ0) is 14.7. The molecule has 2 aliphatic carbocycles. The fraction of sp³-hybridized carbons (Fsp3) is 0.706. The van der Waals surface area contributed by atoms with E-state index in [1.54, 1.807) is 0 Å². The van der Waals surface area contributed by atoms with E-state index in [1.807, 2.05) is 17.8 Å². The van der Waals surface area contributed by atoms with E-state index >= 15 is 0 Å². The molecular formula is C17H27N3O. The number of hydrogen-bond donors (Lipinski definition) is 2. The van der Waals surface area contributed by atoms with E-state index < -0.39 is 0 Å². The van der Waals surface area contributed by atoms with Gasteiger partial charge in [-0.2, -0.15) is 0 Å². The van der Waals surface area contributed by atoms with Gasteiger partial charge in [-0.25, -0.2) is 0 Å². The molecular weight excluding hydrogens is 262 g/mol. The molecule has 1 unspecified atom stereocenters. The molecule has 3 rings (SSSR count). The second kappa shape index (κ2) is 6.65. The first kappa shape index (κ1) is 14.6. The predicted octanol–water partition coefficient (Wildman–Crippen LogP) is 2.61. The van der Waals surface area contributed by atoms with Crippen LogP contribution in [-0.4, -0.2) is 23.6 Å². The van der Waals surface area contributed by atoms with Crippen molar-refractivity contribution >= 4 is 5.91 Å². The molecule has 2 saturated carbocycles. The minimum atomic E-state index is 0.150. The summed E-state index contributed by atoms with van der Waals surface area (Å²) in [6.07, 6.45) is 12.9. The molecule has 0 bridgehead atoms. The summed E-state index contributed by atoms with van der Waals surface area (Å²) in [5.41, 5.74) is 1.31. The van der Waals surface area contributed by atoms with Crippen LogP contribution in [0.5, 0.6) is 0 Å². The molecule has 2 N–H and O–H groups in total. The summed E-state index contributed by atoms with van der Waals surface area (Å²) >= 11 is 0. The SMILES string of the molecule is CNC(c1ccn(CC(=O)NC2CCCCC2)c1)C1CC1. The van der Waals surface area contributed by atoms with Crippen molar-refractivity contribution < 1.29 is 4.79 Å². The van der Waals surface area contributed by atoms with E-state index in [-0.39, 0.29) is 5.91 Å². The van der Waals surface area contributed by atoms with Crippen LogP contribution in [0, 0.1) is 5.92 Å². The van der Waals surface area contributed by atoms with Gasteiger partial charge in [0.1, 0.15) is 6.54 Å². The average Bonchev–Trinajstić information content (AvgIpc) is 3.21. The molecule has 116 valence electrons. The Balaban J connectivity index is 1.52. The monoisotopic (exact) mass is 289 g/mol. The van der Waals surface area contributed by atoms with Crippen LogP contribution in [0.2, 0.25) is 0 Å². The van der Waals surface area contributed by atoms with Crippen molar-refractivity contribution in [2.75, 3.05) is 7.05 Å². The minimum Gasteiger partial charge on any atom is -0.352 e. The molecule has 0 saturated heterocycles. The Morgan fingerprint density at radius 2 is 2.05 bits per heavy atom. The highest BCUT2D eigenvalue weighted by atomic mass is 16.2. The molecule has 1 amide bonds. The Bertz CT molecular complexity index is 472. The lowest BCUT2D eigenvalue weighted by molar-refractivity contribution is -0.122. The molecule has 21 heavy (non-hydrogen) atoms. The van der Waals surface area contributed by atoms with Crippen molar-refractivity contribution in [3.05, 3.63) is 24.0 Å². The Morgan fingerprint density at radius 3 is 2.71 bits per heavy atom. The van der Waals surface area contributed by atoms with Crippen molar-refractivity contribution in [2.24, 2.45) is 5.92 Å². The van der Waals surface area contributed by atoms with E-state index in [1.165, 1.54) is 37.7 Å². The molecule has 4 heteroatoms. The molecule has 2 fully saturated rings. The number of nitrogens with one attached hydrogen (secondary N) is 2. The summed E-state index contributed by atoms with van der Waals surface area (Å²) in [4.78, 5) is 12.1. The van der Waals surface area contributed by atoms with Crippen molar-refractivity contribution in [1.82, 2.24) is 15.2 Å². The van der Waals surface area contributed by atoms with E-state index in [0.717, 1.165) is 18.8 Å². The molecule has 1 aromatic rings. The molecule has 4 nitrogen and oxygen atoms in total. The third-order valence-corrected chi connectivity index (χ3v) is 4.83. The second-order valence-electron chi connectivity index (χ2n) is 6.62. The summed E-state index contributed by atoms with van der Waals surface area (Å²) in [5, 5.41) is 6.58. The number of carbonyl (C=O) groups is 1. The molecule has 1 heterocycles. The lowest BCUT2D eigenvalue weighted by Gasteiger charge is -2.22. The molecule has 0 spiro atoms. The highest BCUT2D eigenvalue weighted by Gasteiger charge is 2.31. The van der Waals surface area contributed by atoms with Gasteiger partial charge < -0.3 is 15.2 Å². The lowest BCUT2D eigenvalue weighted by atomic mass is 9.95. The Labute approximate surface area is 127 Å². The van der Waals surface area contributed by atoms with Gasteiger partial charge in [-0.3, -0.25) is 4.79 Å². The number of hydrogen-bond acceptors (Lipinski definition) is 2. The normalized spacial score (nSPS) is 21.2. The van der Waals surface area contributed by atoms with Crippen LogP contribution in [0.25, 0.3) is 0 Å². The second-order valence-corrected chi connectivity index (χ2v) is 6.62. The topological polar surface area (TPSA) is 46.1 Å². The Kier molecular flexibility index (Phi) is 4.63.